The molecule has 33 heavy (non-hydrogen) atoms. The summed E-state index contributed by atoms with van der Waals surface area (Å²) in [6.45, 7) is 1.18. The molecule has 2 aliphatic rings. The van der Waals surface area contributed by atoms with Crippen molar-refractivity contribution in [2.45, 2.75) is 18.9 Å². The van der Waals surface area contributed by atoms with E-state index in [-0.39, 0.29) is 17.5 Å². The number of thiophene rings is 1. The number of allylic oxidation sites excluding steroid dienone is 5. The van der Waals surface area contributed by atoms with Crippen LogP contribution in [0, 0.1) is 22.6 Å². The molecule has 1 atom stereocenters. The number of carbonyl (C=O) groups excluding carboxylic acids is 1. The average molecular weight is 462 g/mol. The van der Waals surface area contributed by atoms with Crippen LogP contribution in [0.15, 0.2) is 54.3 Å². The van der Waals surface area contributed by atoms with Crippen molar-refractivity contribution in [2.75, 3.05) is 20.1 Å². The van der Waals surface area contributed by atoms with Crippen LogP contribution in [0.5, 0.6) is 0 Å². The van der Waals surface area contributed by atoms with E-state index in [1.54, 1.807) is 36.4 Å². The molecule has 1 aromatic carbocycles. The fraction of sp³-hybridized carbons (Fsp3) is 0.240. The molecule has 168 valence electrons. The Morgan fingerprint density at radius 3 is 2.91 bits per heavy atom. The largest absolute Gasteiger partial charge is 0.393 e. The Hall–Kier alpha value is -3.54. The highest BCUT2D eigenvalue weighted by molar-refractivity contribution is 7.15. The lowest BCUT2D eigenvalue weighted by Crippen LogP contribution is -2.45. The van der Waals surface area contributed by atoms with Crippen LogP contribution >= 0.6 is 11.3 Å². The predicted octanol–water partition coefficient (Wildman–Crippen LogP) is 4.07. The highest BCUT2D eigenvalue weighted by Crippen LogP contribution is 2.39. The molecule has 8 heteroatoms. The molecule has 0 radical (unpaired) electrons. The maximum atomic E-state index is 14.4. The first-order valence-electron chi connectivity index (χ1n) is 10.7. The number of hydrogen-bond donors (Lipinski definition) is 3. The van der Waals surface area contributed by atoms with Gasteiger partial charge in [0.15, 0.2) is 0 Å². The SMILES string of the molecule is CN/C=C1/C=C(c2sc(C(=O)N3CCCC(N)C3)cc2-c2ccc(C#N)c(F)c2)C=CC1=N. The van der Waals surface area contributed by atoms with E-state index in [9.17, 15) is 9.18 Å². The number of carbonyl (C=O) groups is 1. The first-order chi connectivity index (χ1) is 15.9. The van der Waals surface area contributed by atoms with Crippen molar-refractivity contribution >= 4 is 28.5 Å². The van der Waals surface area contributed by atoms with Gasteiger partial charge in [0.1, 0.15) is 11.9 Å². The van der Waals surface area contributed by atoms with Gasteiger partial charge in [0, 0.05) is 48.4 Å². The quantitative estimate of drug-likeness (QED) is 0.638. The molecule has 0 spiro atoms. The molecule has 0 saturated carbocycles. The van der Waals surface area contributed by atoms with Crippen LogP contribution in [0.2, 0.25) is 0 Å². The fourth-order valence-corrected chi connectivity index (χ4v) is 5.17. The minimum Gasteiger partial charge on any atom is -0.393 e. The third kappa shape index (κ3) is 4.65. The molecule has 2 aromatic rings. The number of nitrogens with two attached hydrogens (primary N) is 1. The van der Waals surface area contributed by atoms with Crippen LogP contribution in [0.4, 0.5) is 4.39 Å². The van der Waals surface area contributed by atoms with Crippen LogP contribution in [-0.2, 0) is 0 Å². The summed E-state index contributed by atoms with van der Waals surface area (Å²) in [4.78, 5) is 16.4. The normalized spacial score (nSPS) is 19.4. The summed E-state index contributed by atoms with van der Waals surface area (Å²) in [5, 5.41) is 20.2. The molecular formula is C25H24FN5OS. The van der Waals surface area contributed by atoms with E-state index < -0.39 is 5.82 Å². The van der Waals surface area contributed by atoms with Crippen molar-refractivity contribution < 1.29 is 9.18 Å². The van der Waals surface area contributed by atoms with Crippen molar-refractivity contribution in [3.05, 3.63) is 75.4 Å². The van der Waals surface area contributed by atoms with Gasteiger partial charge in [-0.05, 0) is 54.3 Å². The van der Waals surface area contributed by atoms with Crippen molar-refractivity contribution in [1.82, 2.24) is 10.2 Å². The van der Waals surface area contributed by atoms with Gasteiger partial charge in [0.05, 0.1) is 16.2 Å². The first-order valence-corrected chi connectivity index (χ1v) is 11.5. The Labute approximate surface area is 196 Å². The summed E-state index contributed by atoms with van der Waals surface area (Å²) >= 11 is 1.34. The van der Waals surface area contributed by atoms with Gasteiger partial charge in [-0.3, -0.25) is 4.79 Å². The zero-order valence-electron chi connectivity index (χ0n) is 18.2. The molecule has 4 rings (SSSR count). The predicted molar refractivity (Wildman–Crippen MR) is 130 cm³/mol. The van der Waals surface area contributed by atoms with Crippen LogP contribution in [-0.4, -0.2) is 42.7 Å². The van der Waals surface area contributed by atoms with E-state index >= 15 is 0 Å². The minimum absolute atomic E-state index is 0.0291. The van der Waals surface area contributed by atoms with E-state index in [0.29, 0.717) is 40.4 Å². The van der Waals surface area contributed by atoms with Crippen LogP contribution in [0.1, 0.15) is 33.0 Å². The van der Waals surface area contributed by atoms with Crippen molar-refractivity contribution in [3.8, 4) is 17.2 Å². The third-order valence-corrected chi connectivity index (χ3v) is 6.87. The minimum atomic E-state index is -0.604. The molecule has 1 aliphatic carbocycles. The summed E-state index contributed by atoms with van der Waals surface area (Å²) in [6, 6.07) is 8.07. The zero-order valence-corrected chi connectivity index (χ0v) is 19.0. The van der Waals surface area contributed by atoms with E-state index in [2.05, 4.69) is 5.32 Å². The van der Waals surface area contributed by atoms with Crippen molar-refractivity contribution in [2.24, 2.45) is 5.73 Å². The van der Waals surface area contributed by atoms with Crippen LogP contribution < -0.4 is 11.1 Å². The Morgan fingerprint density at radius 1 is 1.39 bits per heavy atom. The number of benzene rings is 1. The van der Waals surface area contributed by atoms with Crippen molar-refractivity contribution in [3.63, 3.8) is 0 Å². The van der Waals surface area contributed by atoms with Gasteiger partial charge in [0.25, 0.3) is 5.91 Å². The molecule has 6 nitrogen and oxygen atoms in total. The lowest BCUT2D eigenvalue weighted by atomic mass is 9.95. The summed E-state index contributed by atoms with van der Waals surface area (Å²) in [5.74, 6) is -0.691. The number of likely N-dealkylation sites (tertiary alicyclic amines) is 1. The molecule has 1 saturated heterocycles. The molecule has 4 N–H and O–H groups in total. The smallest absolute Gasteiger partial charge is 0.264 e. The summed E-state index contributed by atoms with van der Waals surface area (Å²) in [7, 11) is 1.77. The number of piperidine rings is 1. The Balaban J connectivity index is 1.81. The standard InChI is InChI=1S/C25H24FN5OS/c1-30-13-18-9-16(6-7-22(18)29)24-20(15-4-5-17(12-27)21(26)10-15)11-23(33-24)25(32)31-8-2-3-19(28)14-31/h4-7,9-11,13,19,29-30H,2-3,8,14,28H2,1H3/b18-13-,29-22?. The lowest BCUT2D eigenvalue weighted by molar-refractivity contribution is 0.0714. The summed E-state index contributed by atoms with van der Waals surface area (Å²) in [5.41, 5.74) is 9.24. The van der Waals surface area contributed by atoms with Gasteiger partial charge in [-0.2, -0.15) is 5.26 Å². The van der Waals surface area contributed by atoms with Crippen LogP contribution in [0.25, 0.3) is 16.7 Å². The molecule has 1 unspecified atom stereocenters. The number of hydrogen-bond acceptors (Lipinski definition) is 6. The second-order valence-corrected chi connectivity index (χ2v) is 9.10. The molecule has 1 amide bonds. The molecule has 1 aromatic heterocycles. The highest BCUT2D eigenvalue weighted by atomic mass is 32.1. The van der Waals surface area contributed by atoms with E-state index in [4.69, 9.17) is 16.4 Å². The molecule has 2 heterocycles. The number of rotatable bonds is 4. The van der Waals surface area contributed by atoms with E-state index in [0.717, 1.165) is 23.3 Å². The first kappa shape index (κ1) is 22.6. The maximum Gasteiger partial charge on any atom is 0.264 e. The lowest BCUT2D eigenvalue weighted by Gasteiger charge is -2.30. The number of nitrogens with one attached hydrogen (secondary N) is 2. The van der Waals surface area contributed by atoms with Crippen LogP contribution in [0.3, 0.4) is 0 Å². The van der Waals surface area contributed by atoms with Crippen molar-refractivity contribution in [1.29, 1.82) is 10.7 Å². The monoisotopic (exact) mass is 461 g/mol. The Morgan fingerprint density at radius 2 is 2.21 bits per heavy atom. The topological polar surface area (TPSA) is 106 Å². The molecule has 0 bridgehead atoms. The molecule has 1 fully saturated rings. The fourth-order valence-electron chi connectivity index (χ4n) is 4.03. The van der Waals surface area contributed by atoms with Gasteiger partial charge in [-0.15, -0.1) is 11.3 Å². The Kier molecular flexibility index (Phi) is 6.54. The number of nitrogens with zero attached hydrogens (tertiary/aromatic N) is 2. The highest BCUT2D eigenvalue weighted by Gasteiger charge is 2.26. The van der Waals surface area contributed by atoms with Gasteiger partial charge >= 0.3 is 0 Å². The maximum absolute atomic E-state index is 14.4. The number of nitriles is 1. The second-order valence-electron chi connectivity index (χ2n) is 8.05. The molecule has 1 aliphatic heterocycles. The Bertz CT molecular complexity index is 1250. The van der Waals surface area contributed by atoms with Gasteiger partial charge in [-0.1, -0.05) is 12.1 Å². The third-order valence-electron chi connectivity index (χ3n) is 5.70. The van der Waals surface area contributed by atoms with Gasteiger partial charge in [-0.25, -0.2) is 4.39 Å². The number of amides is 1. The molecular weight excluding hydrogens is 437 g/mol. The number of halogens is 1. The average Bonchev–Trinajstić information content (AvgIpc) is 3.25. The summed E-state index contributed by atoms with van der Waals surface area (Å²) < 4.78 is 14.4. The van der Waals surface area contributed by atoms with Gasteiger partial charge < -0.3 is 21.4 Å². The summed E-state index contributed by atoms with van der Waals surface area (Å²) in [6.07, 6.45) is 8.91. The van der Waals surface area contributed by atoms with E-state index in [1.807, 2.05) is 18.2 Å². The zero-order chi connectivity index (χ0) is 23.5. The van der Waals surface area contributed by atoms with Gasteiger partial charge in [0.2, 0.25) is 0 Å². The second kappa shape index (κ2) is 9.53. The van der Waals surface area contributed by atoms with E-state index in [1.165, 1.54) is 23.5 Å².